The van der Waals surface area contributed by atoms with Crippen LogP contribution in [0.3, 0.4) is 0 Å². The average Bonchev–Trinajstić information content (AvgIpc) is 2.97. The Kier molecular flexibility index (Phi) is 16.7. The van der Waals surface area contributed by atoms with E-state index in [4.69, 9.17) is 10.5 Å². The Bertz CT molecular complexity index is 1190. The van der Waals surface area contributed by atoms with E-state index in [0.717, 1.165) is 29.7 Å². The molecule has 0 radical (unpaired) electrons. The van der Waals surface area contributed by atoms with Crippen molar-refractivity contribution in [1.29, 1.82) is 0 Å². The van der Waals surface area contributed by atoms with Crippen LogP contribution in [0.25, 0.3) is 0 Å². The molecule has 0 unspecified atom stereocenters. The maximum absolute atomic E-state index is 13.4. The van der Waals surface area contributed by atoms with Gasteiger partial charge in [0.15, 0.2) is 0 Å². The van der Waals surface area contributed by atoms with Gasteiger partial charge in [-0.25, -0.2) is 0 Å². The highest BCUT2D eigenvalue weighted by Gasteiger charge is 2.22. The van der Waals surface area contributed by atoms with E-state index in [1.165, 1.54) is 0 Å². The molecule has 0 aromatic heterocycles. The van der Waals surface area contributed by atoms with E-state index in [1.54, 1.807) is 31.4 Å². The zero-order valence-corrected chi connectivity index (χ0v) is 25.8. The third-order valence-electron chi connectivity index (χ3n) is 6.62. The minimum absolute atomic E-state index is 0. The summed E-state index contributed by atoms with van der Waals surface area (Å²) in [6, 6.07) is 24.2. The third-order valence-corrected chi connectivity index (χ3v) is 6.62. The van der Waals surface area contributed by atoms with Gasteiger partial charge < -0.3 is 26.0 Å². The summed E-state index contributed by atoms with van der Waals surface area (Å²) in [5, 5.41) is 6.56. The number of benzene rings is 3. The van der Waals surface area contributed by atoms with Gasteiger partial charge in [0.1, 0.15) is 5.75 Å². The monoisotopic (exact) mass is 602 g/mol. The zero-order valence-electron chi connectivity index (χ0n) is 24.2. The molecule has 0 aliphatic carbocycles. The van der Waals surface area contributed by atoms with Crippen LogP contribution in [0.1, 0.15) is 58.5 Å². The first kappa shape index (κ1) is 35.9. The van der Waals surface area contributed by atoms with Gasteiger partial charge in [0, 0.05) is 49.4 Å². The van der Waals surface area contributed by atoms with Crippen LogP contribution in [0.5, 0.6) is 5.75 Å². The summed E-state index contributed by atoms with van der Waals surface area (Å²) >= 11 is 0. The summed E-state index contributed by atoms with van der Waals surface area (Å²) in [7, 11) is 1.65. The minimum Gasteiger partial charge on any atom is -0.497 e. The van der Waals surface area contributed by atoms with Crippen molar-refractivity contribution in [2.24, 2.45) is 5.73 Å². The fourth-order valence-electron chi connectivity index (χ4n) is 4.57. The molecule has 3 aromatic carbocycles. The predicted molar refractivity (Wildman–Crippen MR) is 171 cm³/mol. The van der Waals surface area contributed by atoms with Crippen molar-refractivity contribution in [3.05, 3.63) is 101 Å². The Labute approximate surface area is 257 Å². The number of nitrogens with one attached hydrogen (secondary N) is 2. The molecular weight excluding hydrogens is 559 g/mol. The highest BCUT2D eigenvalue weighted by atomic mass is 35.5. The topological polar surface area (TPSA) is 96.7 Å². The van der Waals surface area contributed by atoms with Crippen LogP contribution in [0.2, 0.25) is 0 Å². The van der Waals surface area contributed by atoms with Gasteiger partial charge in [-0.2, -0.15) is 0 Å². The number of carbonyl (C=O) groups is 2. The molecular formula is C32H44Cl2N4O3. The second-order valence-electron chi connectivity index (χ2n) is 9.79. The Morgan fingerprint density at radius 2 is 1.49 bits per heavy atom. The molecule has 3 aromatic rings. The highest BCUT2D eigenvalue weighted by molar-refractivity contribution is 5.99. The molecule has 3 rings (SSSR count). The standard InChI is InChI=1S/C32H42N4O3.2ClH/c1-4-17-36(18-5-2)32(38)27-15-10-14-26(21-27)31(37)35-30(20-24-11-7-6-8-12-24)29(33)23-34-22-25-13-9-16-28(19-25)39-3;;/h6-16,19,21,29-30,34H,4-5,17-18,20,22-23,33H2,1-3H3,(H,35,37);2*1H/t29-,30+;;/m1../s1. The van der Waals surface area contributed by atoms with E-state index in [9.17, 15) is 9.59 Å². The lowest BCUT2D eigenvalue weighted by Gasteiger charge is -2.26. The van der Waals surface area contributed by atoms with Crippen molar-refractivity contribution >= 4 is 36.6 Å². The fraction of sp³-hybridized carbons (Fsp3) is 0.375. The highest BCUT2D eigenvalue weighted by Crippen LogP contribution is 2.14. The van der Waals surface area contributed by atoms with Gasteiger partial charge in [-0.15, -0.1) is 24.8 Å². The van der Waals surface area contributed by atoms with Gasteiger partial charge in [0.2, 0.25) is 0 Å². The maximum Gasteiger partial charge on any atom is 0.253 e. The van der Waals surface area contributed by atoms with Gasteiger partial charge in [0.25, 0.3) is 11.8 Å². The average molecular weight is 604 g/mol. The van der Waals surface area contributed by atoms with E-state index in [1.807, 2.05) is 59.5 Å². The van der Waals surface area contributed by atoms with Crippen molar-refractivity contribution in [2.75, 3.05) is 26.7 Å². The number of halogens is 2. The number of carbonyl (C=O) groups excluding carboxylic acids is 2. The summed E-state index contributed by atoms with van der Waals surface area (Å²) in [6.07, 6.45) is 2.36. The first-order valence-electron chi connectivity index (χ1n) is 13.8. The number of nitrogens with two attached hydrogens (primary N) is 1. The van der Waals surface area contributed by atoms with Crippen LogP contribution in [0, 0.1) is 0 Å². The first-order valence-corrected chi connectivity index (χ1v) is 13.8. The second-order valence-corrected chi connectivity index (χ2v) is 9.79. The minimum atomic E-state index is -0.339. The van der Waals surface area contributed by atoms with Crippen LogP contribution < -0.4 is 21.1 Å². The van der Waals surface area contributed by atoms with E-state index in [-0.39, 0.29) is 48.7 Å². The smallest absolute Gasteiger partial charge is 0.253 e. The lowest BCUT2D eigenvalue weighted by molar-refractivity contribution is 0.0755. The van der Waals surface area contributed by atoms with Crippen molar-refractivity contribution < 1.29 is 14.3 Å². The second kappa shape index (κ2) is 19.1. The Hall–Kier alpha value is -3.10. The molecule has 2 amide bonds. The van der Waals surface area contributed by atoms with E-state index in [0.29, 0.717) is 43.7 Å². The van der Waals surface area contributed by atoms with E-state index >= 15 is 0 Å². The van der Waals surface area contributed by atoms with Crippen LogP contribution >= 0.6 is 24.8 Å². The molecule has 2 atom stereocenters. The van der Waals surface area contributed by atoms with Crippen molar-refractivity contribution in [3.63, 3.8) is 0 Å². The largest absolute Gasteiger partial charge is 0.497 e. The molecule has 0 saturated heterocycles. The Morgan fingerprint density at radius 1 is 0.854 bits per heavy atom. The van der Waals surface area contributed by atoms with Crippen LogP contribution in [-0.2, 0) is 13.0 Å². The molecule has 0 fully saturated rings. The molecule has 41 heavy (non-hydrogen) atoms. The van der Waals surface area contributed by atoms with Gasteiger partial charge in [-0.1, -0.05) is 62.4 Å². The molecule has 0 saturated carbocycles. The number of hydrogen-bond acceptors (Lipinski definition) is 5. The SMILES string of the molecule is CCCN(CCC)C(=O)c1cccc(C(=O)N[C@@H](Cc2ccccc2)[C@H](N)CNCc2cccc(OC)c2)c1.Cl.Cl. The summed E-state index contributed by atoms with van der Waals surface area (Å²) in [4.78, 5) is 28.3. The molecule has 0 spiro atoms. The summed E-state index contributed by atoms with van der Waals surface area (Å²) < 4.78 is 5.31. The zero-order chi connectivity index (χ0) is 28.0. The van der Waals surface area contributed by atoms with Crippen molar-refractivity contribution in [1.82, 2.24) is 15.5 Å². The number of ether oxygens (including phenoxy) is 1. The number of hydrogen-bond donors (Lipinski definition) is 3. The van der Waals surface area contributed by atoms with Crippen LogP contribution in [-0.4, -0.2) is 55.5 Å². The molecule has 224 valence electrons. The molecule has 0 bridgehead atoms. The fourth-order valence-corrected chi connectivity index (χ4v) is 4.57. The number of rotatable bonds is 15. The summed E-state index contributed by atoms with van der Waals surface area (Å²) in [6.45, 7) is 6.65. The summed E-state index contributed by atoms with van der Waals surface area (Å²) in [5.74, 6) is 0.514. The molecule has 0 heterocycles. The third kappa shape index (κ3) is 11.4. The van der Waals surface area contributed by atoms with E-state index < -0.39 is 0 Å². The quantitative estimate of drug-likeness (QED) is 0.220. The van der Waals surface area contributed by atoms with Crippen molar-refractivity contribution in [2.45, 2.75) is 51.7 Å². The van der Waals surface area contributed by atoms with Gasteiger partial charge >= 0.3 is 0 Å². The van der Waals surface area contributed by atoms with Crippen molar-refractivity contribution in [3.8, 4) is 5.75 Å². The van der Waals surface area contributed by atoms with Crippen LogP contribution in [0.15, 0.2) is 78.9 Å². The number of amides is 2. The van der Waals surface area contributed by atoms with Gasteiger partial charge in [-0.05, 0) is 60.7 Å². The molecule has 0 aliphatic rings. The first-order chi connectivity index (χ1) is 18.9. The van der Waals surface area contributed by atoms with Crippen LogP contribution in [0.4, 0.5) is 0 Å². The lowest BCUT2D eigenvalue weighted by atomic mass is 9.98. The van der Waals surface area contributed by atoms with E-state index in [2.05, 4.69) is 24.5 Å². The molecule has 7 nitrogen and oxygen atoms in total. The molecule has 9 heteroatoms. The number of nitrogens with zero attached hydrogens (tertiary/aromatic N) is 1. The predicted octanol–water partition coefficient (Wildman–Crippen LogP) is 5.26. The van der Waals surface area contributed by atoms with Gasteiger partial charge in [-0.3, -0.25) is 9.59 Å². The maximum atomic E-state index is 13.4. The molecule has 0 aliphatic heterocycles. The molecule has 4 N–H and O–H groups in total. The normalized spacial score (nSPS) is 11.8. The van der Waals surface area contributed by atoms with Gasteiger partial charge in [0.05, 0.1) is 7.11 Å². The Balaban J connectivity index is 0.00000420. The Morgan fingerprint density at radius 3 is 2.15 bits per heavy atom. The lowest BCUT2D eigenvalue weighted by Crippen LogP contribution is -2.53. The number of methoxy groups -OCH3 is 1. The summed E-state index contributed by atoms with van der Waals surface area (Å²) in [5.41, 5.74) is 9.78.